The van der Waals surface area contributed by atoms with Crippen molar-refractivity contribution in [3.05, 3.63) is 34.9 Å². The Morgan fingerprint density at radius 1 is 1.35 bits per heavy atom. The zero-order valence-electron chi connectivity index (χ0n) is 11.0. The maximum absolute atomic E-state index is 8.84. The molecule has 1 heterocycles. The van der Waals surface area contributed by atoms with E-state index < -0.39 is 0 Å². The van der Waals surface area contributed by atoms with E-state index in [1.54, 1.807) is 5.01 Å². The minimum absolute atomic E-state index is 0.130. The molecule has 0 saturated heterocycles. The van der Waals surface area contributed by atoms with Crippen LogP contribution in [0.4, 0.5) is 0 Å². The third-order valence-corrected chi connectivity index (χ3v) is 3.57. The van der Waals surface area contributed by atoms with Crippen molar-refractivity contribution in [2.45, 2.75) is 12.8 Å². The fourth-order valence-electron chi connectivity index (χ4n) is 2.60. The standard InChI is InChI=1S/C13H16N6O/c14-12(18-20)10-3-1-2-9-8(10)4-5-11(9)17-19-7-6-16-13(19)15/h1-3,20H,4-7H2,(H2,14,18)(H2,15,16)/b17-11+. The molecule has 0 fully saturated rings. The summed E-state index contributed by atoms with van der Waals surface area (Å²) in [6.07, 6.45) is 1.64. The van der Waals surface area contributed by atoms with Crippen LogP contribution in [0.15, 0.2) is 33.4 Å². The fraction of sp³-hybridized carbons (Fsp3) is 0.308. The summed E-state index contributed by atoms with van der Waals surface area (Å²) in [5.41, 5.74) is 15.3. The molecular weight excluding hydrogens is 256 g/mol. The average Bonchev–Trinajstić information content (AvgIpc) is 3.06. The van der Waals surface area contributed by atoms with Gasteiger partial charge >= 0.3 is 0 Å². The highest BCUT2D eigenvalue weighted by atomic mass is 16.4. The summed E-state index contributed by atoms with van der Waals surface area (Å²) in [6.45, 7) is 1.39. The van der Waals surface area contributed by atoms with Crippen molar-refractivity contribution in [3.63, 3.8) is 0 Å². The molecule has 7 heteroatoms. The quantitative estimate of drug-likeness (QED) is 0.306. The highest BCUT2D eigenvalue weighted by Crippen LogP contribution is 2.26. The molecular formula is C13H16N6O. The van der Waals surface area contributed by atoms with Gasteiger partial charge in [-0.3, -0.25) is 0 Å². The van der Waals surface area contributed by atoms with E-state index in [0.29, 0.717) is 19.0 Å². The molecule has 0 spiro atoms. The third kappa shape index (κ3) is 1.97. The highest BCUT2D eigenvalue weighted by molar-refractivity contribution is 6.09. The molecule has 0 saturated carbocycles. The lowest BCUT2D eigenvalue weighted by atomic mass is 10.0. The van der Waals surface area contributed by atoms with Crippen LogP contribution in [0.1, 0.15) is 23.1 Å². The Morgan fingerprint density at radius 3 is 2.90 bits per heavy atom. The number of hydrazone groups is 1. The second kappa shape index (κ2) is 4.84. The largest absolute Gasteiger partial charge is 0.409 e. The van der Waals surface area contributed by atoms with Gasteiger partial charge in [0.2, 0.25) is 5.96 Å². The summed E-state index contributed by atoms with van der Waals surface area (Å²) in [5, 5.41) is 18.2. The van der Waals surface area contributed by atoms with Gasteiger partial charge in [0, 0.05) is 11.1 Å². The molecule has 5 N–H and O–H groups in total. The van der Waals surface area contributed by atoms with E-state index in [2.05, 4.69) is 15.2 Å². The first-order valence-corrected chi connectivity index (χ1v) is 6.46. The maximum Gasteiger partial charge on any atom is 0.212 e. The van der Waals surface area contributed by atoms with Crippen molar-refractivity contribution >= 4 is 17.5 Å². The fourth-order valence-corrected chi connectivity index (χ4v) is 2.60. The van der Waals surface area contributed by atoms with Gasteiger partial charge in [-0.25, -0.2) is 10.0 Å². The van der Waals surface area contributed by atoms with Gasteiger partial charge in [-0.2, -0.15) is 5.10 Å². The second-order valence-corrected chi connectivity index (χ2v) is 4.73. The molecule has 3 rings (SSSR count). The molecule has 0 unspecified atom stereocenters. The Morgan fingerprint density at radius 2 is 2.20 bits per heavy atom. The van der Waals surface area contributed by atoms with Crippen LogP contribution in [0.25, 0.3) is 0 Å². The molecule has 1 aliphatic heterocycles. The number of aliphatic imine (C=N–C) groups is 1. The summed E-state index contributed by atoms with van der Waals surface area (Å²) >= 11 is 0. The number of benzene rings is 1. The van der Waals surface area contributed by atoms with Crippen molar-refractivity contribution < 1.29 is 5.21 Å². The van der Waals surface area contributed by atoms with E-state index in [-0.39, 0.29) is 5.84 Å². The van der Waals surface area contributed by atoms with E-state index in [1.807, 2.05) is 18.2 Å². The predicted octanol–water partition coefficient (Wildman–Crippen LogP) is 0.0617. The Kier molecular flexibility index (Phi) is 3.02. The van der Waals surface area contributed by atoms with Crippen LogP contribution in [0.3, 0.4) is 0 Å². The number of hydrogen-bond acceptors (Lipinski definition) is 6. The minimum atomic E-state index is 0.130. The van der Waals surface area contributed by atoms with Crippen LogP contribution >= 0.6 is 0 Å². The topological polar surface area (TPSA) is 113 Å². The molecule has 104 valence electrons. The molecule has 1 aromatic rings. The van der Waals surface area contributed by atoms with Crippen molar-refractivity contribution in [1.29, 1.82) is 0 Å². The minimum Gasteiger partial charge on any atom is -0.409 e. The third-order valence-electron chi connectivity index (χ3n) is 3.57. The number of hydrogen-bond donors (Lipinski definition) is 3. The summed E-state index contributed by atoms with van der Waals surface area (Å²) in [6, 6.07) is 5.73. The Hall–Kier alpha value is -2.57. The van der Waals surface area contributed by atoms with Crippen LogP contribution in [0.5, 0.6) is 0 Å². The van der Waals surface area contributed by atoms with Crippen LogP contribution < -0.4 is 11.5 Å². The van der Waals surface area contributed by atoms with Gasteiger partial charge in [-0.05, 0) is 18.4 Å². The summed E-state index contributed by atoms with van der Waals surface area (Å²) in [7, 11) is 0. The number of oxime groups is 1. The first-order chi connectivity index (χ1) is 9.70. The molecule has 1 aromatic carbocycles. The Bertz CT molecular complexity index is 634. The molecule has 20 heavy (non-hydrogen) atoms. The predicted molar refractivity (Wildman–Crippen MR) is 77.0 cm³/mol. The van der Waals surface area contributed by atoms with Crippen molar-refractivity contribution in [1.82, 2.24) is 5.01 Å². The normalized spacial score (nSPS) is 20.4. The summed E-state index contributed by atoms with van der Waals surface area (Å²) in [4.78, 5) is 4.12. The number of guanidine groups is 1. The first kappa shape index (κ1) is 12.5. The second-order valence-electron chi connectivity index (χ2n) is 4.73. The lowest BCUT2D eigenvalue weighted by Crippen LogP contribution is -2.30. The van der Waals surface area contributed by atoms with Gasteiger partial charge in [0.15, 0.2) is 5.84 Å². The van der Waals surface area contributed by atoms with E-state index in [9.17, 15) is 0 Å². The highest BCUT2D eigenvalue weighted by Gasteiger charge is 2.24. The first-order valence-electron chi connectivity index (χ1n) is 6.46. The molecule has 0 amide bonds. The molecule has 7 nitrogen and oxygen atoms in total. The van der Waals surface area contributed by atoms with Crippen molar-refractivity contribution in [2.24, 2.45) is 26.7 Å². The lowest BCUT2D eigenvalue weighted by molar-refractivity contribution is 0.318. The van der Waals surface area contributed by atoms with E-state index in [4.69, 9.17) is 16.7 Å². The number of rotatable bonds is 2. The molecule has 0 bridgehead atoms. The zero-order valence-corrected chi connectivity index (χ0v) is 11.0. The lowest BCUT2D eigenvalue weighted by Gasteiger charge is -2.12. The van der Waals surface area contributed by atoms with Crippen LogP contribution in [-0.4, -0.2) is 40.8 Å². The van der Waals surface area contributed by atoms with E-state index >= 15 is 0 Å². The molecule has 0 aromatic heterocycles. The van der Waals surface area contributed by atoms with Gasteiger partial charge in [0.1, 0.15) is 0 Å². The smallest absolute Gasteiger partial charge is 0.212 e. The number of fused-ring (bicyclic) bond motifs is 1. The van der Waals surface area contributed by atoms with E-state index in [0.717, 1.165) is 35.2 Å². The molecule has 0 radical (unpaired) electrons. The van der Waals surface area contributed by atoms with Crippen LogP contribution in [0.2, 0.25) is 0 Å². The van der Waals surface area contributed by atoms with Gasteiger partial charge in [0.25, 0.3) is 0 Å². The number of nitrogens with zero attached hydrogens (tertiary/aromatic N) is 4. The van der Waals surface area contributed by atoms with Gasteiger partial charge in [-0.15, -0.1) is 0 Å². The van der Waals surface area contributed by atoms with Gasteiger partial charge in [0.05, 0.1) is 18.8 Å². The summed E-state index contributed by atoms with van der Waals surface area (Å²) in [5.74, 6) is 0.587. The monoisotopic (exact) mass is 272 g/mol. The maximum atomic E-state index is 8.84. The molecule has 0 atom stereocenters. The Balaban J connectivity index is 1.99. The summed E-state index contributed by atoms with van der Waals surface area (Å²) < 4.78 is 0. The molecule has 1 aliphatic carbocycles. The SMILES string of the molecule is NC1=NCCN1/N=C1\CCc2c(/C(N)=N\O)cccc21. The van der Waals surface area contributed by atoms with Crippen molar-refractivity contribution in [2.75, 3.05) is 13.1 Å². The van der Waals surface area contributed by atoms with Crippen LogP contribution in [0, 0.1) is 0 Å². The van der Waals surface area contributed by atoms with Gasteiger partial charge < -0.3 is 16.7 Å². The number of amidine groups is 1. The number of nitrogens with two attached hydrogens (primary N) is 2. The molecule has 2 aliphatic rings. The van der Waals surface area contributed by atoms with Gasteiger partial charge in [-0.1, -0.05) is 23.4 Å². The zero-order chi connectivity index (χ0) is 14.1. The average molecular weight is 272 g/mol. The van der Waals surface area contributed by atoms with Crippen LogP contribution in [-0.2, 0) is 6.42 Å². The Labute approximate surface area is 116 Å². The van der Waals surface area contributed by atoms with E-state index in [1.165, 1.54) is 0 Å². The van der Waals surface area contributed by atoms with Crippen molar-refractivity contribution in [3.8, 4) is 0 Å².